The van der Waals surface area contributed by atoms with Gasteiger partial charge < -0.3 is 9.80 Å². The zero-order valence-corrected chi connectivity index (χ0v) is 13.3. The lowest BCUT2D eigenvalue weighted by Crippen LogP contribution is -2.36. The van der Waals surface area contributed by atoms with E-state index < -0.39 is 0 Å². The quantitative estimate of drug-likeness (QED) is 0.788. The summed E-state index contributed by atoms with van der Waals surface area (Å²) in [7, 11) is 0. The Morgan fingerprint density at radius 3 is 2.85 bits per heavy atom. The third-order valence-corrected chi connectivity index (χ3v) is 4.05. The van der Waals surface area contributed by atoms with Gasteiger partial charge in [0.15, 0.2) is 0 Å². The lowest BCUT2D eigenvalue weighted by atomic mass is 10.1. The number of aryl methyl sites for hydroxylation is 1. The minimum Gasteiger partial charge on any atom is -0.337 e. The fourth-order valence-corrected chi connectivity index (χ4v) is 3.00. The smallest absolute Gasteiger partial charge is 0.256 e. The summed E-state index contributed by atoms with van der Waals surface area (Å²) in [5.41, 5.74) is 0.713. The van der Waals surface area contributed by atoms with E-state index in [1.807, 2.05) is 0 Å². The molecule has 0 aliphatic carbocycles. The maximum absolute atomic E-state index is 14.0. The van der Waals surface area contributed by atoms with Gasteiger partial charge in [0.05, 0.1) is 5.56 Å². The van der Waals surface area contributed by atoms with Gasteiger partial charge in [-0.25, -0.2) is 4.39 Å². The van der Waals surface area contributed by atoms with Gasteiger partial charge in [-0.1, -0.05) is 28.1 Å². The molecule has 0 spiro atoms. The SMILES string of the molecule is Cc1cccc(C(=O)N2CCCN(CCBr)CC2)c1F. The van der Waals surface area contributed by atoms with Crippen molar-refractivity contribution in [2.45, 2.75) is 13.3 Å². The van der Waals surface area contributed by atoms with E-state index in [0.29, 0.717) is 18.7 Å². The number of rotatable bonds is 3. The monoisotopic (exact) mass is 342 g/mol. The molecule has 2 rings (SSSR count). The number of hydrogen-bond acceptors (Lipinski definition) is 2. The van der Waals surface area contributed by atoms with Crippen molar-refractivity contribution >= 4 is 21.8 Å². The first-order valence-corrected chi connectivity index (χ1v) is 8.08. The molecule has 0 unspecified atom stereocenters. The number of nitrogens with zero attached hydrogens (tertiary/aromatic N) is 2. The lowest BCUT2D eigenvalue weighted by Gasteiger charge is -2.22. The Labute approximate surface area is 127 Å². The third kappa shape index (κ3) is 3.58. The van der Waals surface area contributed by atoms with Crippen LogP contribution in [0.2, 0.25) is 0 Å². The molecule has 1 saturated heterocycles. The summed E-state index contributed by atoms with van der Waals surface area (Å²) in [5, 5.41) is 0.938. The second-order valence-corrected chi connectivity index (χ2v) is 5.91. The highest BCUT2D eigenvalue weighted by Gasteiger charge is 2.22. The van der Waals surface area contributed by atoms with Crippen LogP contribution in [0.4, 0.5) is 4.39 Å². The van der Waals surface area contributed by atoms with Crippen molar-refractivity contribution in [3.05, 3.63) is 35.1 Å². The van der Waals surface area contributed by atoms with Crippen LogP contribution in [0, 0.1) is 12.7 Å². The van der Waals surface area contributed by atoms with Crippen molar-refractivity contribution in [3.63, 3.8) is 0 Å². The molecule has 1 fully saturated rings. The molecule has 20 heavy (non-hydrogen) atoms. The molecule has 1 amide bonds. The molecule has 1 aliphatic heterocycles. The topological polar surface area (TPSA) is 23.6 Å². The molecule has 3 nitrogen and oxygen atoms in total. The number of carbonyl (C=O) groups excluding carboxylic acids is 1. The summed E-state index contributed by atoms with van der Waals surface area (Å²) < 4.78 is 14.0. The molecule has 0 atom stereocenters. The average molecular weight is 343 g/mol. The Bertz CT molecular complexity index is 481. The Kier molecular flexibility index (Phi) is 5.54. The van der Waals surface area contributed by atoms with E-state index in [1.54, 1.807) is 30.0 Å². The number of alkyl halides is 1. The summed E-state index contributed by atoms with van der Waals surface area (Å²) in [6.45, 7) is 5.88. The number of amides is 1. The fraction of sp³-hybridized carbons (Fsp3) is 0.533. The molecule has 1 aromatic rings. The summed E-state index contributed by atoms with van der Waals surface area (Å²) in [6.07, 6.45) is 0.937. The van der Waals surface area contributed by atoms with Gasteiger partial charge in [0, 0.05) is 31.5 Å². The molecule has 1 heterocycles. The highest BCUT2D eigenvalue weighted by atomic mass is 79.9. The van der Waals surface area contributed by atoms with E-state index in [4.69, 9.17) is 0 Å². The van der Waals surface area contributed by atoms with Crippen LogP contribution in [0.1, 0.15) is 22.3 Å². The van der Waals surface area contributed by atoms with E-state index in [0.717, 1.165) is 31.4 Å². The molecule has 0 radical (unpaired) electrons. The van der Waals surface area contributed by atoms with Gasteiger partial charge in [0.1, 0.15) is 5.82 Å². The number of carbonyl (C=O) groups is 1. The third-order valence-electron chi connectivity index (χ3n) is 3.70. The van der Waals surface area contributed by atoms with E-state index >= 15 is 0 Å². The zero-order chi connectivity index (χ0) is 14.5. The van der Waals surface area contributed by atoms with Gasteiger partial charge in [-0.3, -0.25) is 4.79 Å². The standard InChI is InChI=1S/C15H20BrFN2O/c1-12-4-2-5-13(14(12)17)15(20)19-8-3-7-18(9-6-16)10-11-19/h2,4-5H,3,6-11H2,1H3. The van der Waals surface area contributed by atoms with Crippen LogP contribution in [0.5, 0.6) is 0 Å². The Morgan fingerprint density at radius 1 is 1.30 bits per heavy atom. The number of hydrogen-bond donors (Lipinski definition) is 0. The Morgan fingerprint density at radius 2 is 2.10 bits per heavy atom. The summed E-state index contributed by atoms with van der Waals surface area (Å²) >= 11 is 3.44. The van der Waals surface area contributed by atoms with Crippen LogP contribution in [-0.4, -0.2) is 53.8 Å². The Balaban J connectivity index is 2.07. The predicted octanol–water partition coefficient (Wildman–Crippen LogP) is 2.68. The van der Waals surface area contributed by atoms with Crippen molar-refractivity contribution in [1.82, 2.24) is 9.80 Å². The van der Waals surface area contributed by atoms with Crippen LogP contribution in [0.25, 0.3) is 0 Å². The fourth-order valence-electron chi connectivity index (χ4n) is 2.50. The van der Waals surface area contributed by atoms with Crippen LogP contribution >= 0.6 is 15.9 Å². The first-order valence-electron chi connectivity index (χ1n) is 6.96. The summed E-state index contributed by atoms with van der Waals surface area (Å²) in [6, 6.07) is 5.00. The second kappa shape index (κ2) is 7.18. The molecular weight excluding hydrogens is 323 g/mol. The van der Waals surface area contributed by atoms with E-state index in [9.17, 15) is 9.18 Å². The minimum absolute atomic E-state index is 0.188. The molecule has 0 bridgehead atoms. The average Bonchev–Trinajstić information content (AvgIpc) is 2.67. The number of halogens is 2. The minimum atomic E-state index is -0.390. The largest absolute Gasteiger partial charge is 0.337 e. The van der Waals surface area contributed by atoms with Gasteiger partial charge in [-0.15, -0.1) is 0 Å². The highest BCUT2D eigenvalue weighted by molar-refractivity contribution is 9.09. The first-order chi connectivity index (χ1) is 9.63. The predicted molar refractivity (Wildman–Crippen MR) is 81.9 cm³/mol. The van der Waals surface area contributed by atoms with E-state index in [1.165, 1.54) is 0 Å². The zero-order valence-electron chi connectivity index (χ0n) is 11.7. The molecular formula is C15H20BrFN2O. The van der Waals surface area contributed by atoms with Gasteiger partial charge >= 0.3 is 0 Å². The summed E-state index contributed by atoms with van der Waals surface area (Å²) in [4.78, 5) is 16.5. The van der Waals surface area contributed by atoms with Crippen LogP contribution in [-0.2, 0) is 0 Å². The van der Waals surface area contributed by atoms with E-state index in [-0.39, 0.29) is 17.3 Å². The second-order valence-electron chi connectivity index (χ2n) is 5.11. The molecule has 110 valence electrons. The maximum Gasteiger partial charge on any atom is 0.256 e. The molecule has 0 N–H and O–H groups in total. The van der Waals surface area contributed by atoms with Gasteiger partial charge in [0.2, 0.25) is 0 Å². The highest BCUT2D eigenvalue weighted by Crippen LogP contribution is 2.15. The lowest BCUT2D eigenvalue weighted by molar-refractivity contribution is 0.0757. The van der Waals surface area contributed by atoms with Crippen LogP contribution in [0.3, 0.4) is 0 Å². The van der Waals surface area contributed by atoms with Gasteiger partial charge in [-0.05, 0) is 31.5 Å². The molecule has 1 aromatic carbocycles. The maximum atomic E-state index is 14.0. The molecule has 0 aromatic heterocycles. The van der Waals surface area contributed by atoms with Crippen molar-refractivity contribution < 1.29 is 9.18 Å². The van der Waals surface area contributed by atoms with Crippen molar-refractivity contribution in [2.24, 2.45) is 0 Å². The van der Waals surface area contributed by atoms with Gasteiger partial charge in [0.25, 0.3) is 5.91 Å². The van der Waals surface area contributed by atoms with Gasteiger partial charge in [-0.2, -0.15) is 0 Å². The normalized spacial score (nSPS) is 17.1. The van der Waals surface area contributed by atoms with Crippen LogP contribution in [0.15, 0.2) is 18.2 Å². The van der Waals surface area contributed by atoms with Crippen LogP contribution < -0.4 is 0 Å². The van der Waals surface area contributed by atoms with Crippen molar-refractivity contribution in [2.75, 3.05) is 38.1 Å². The molecule has 0 saturated carbocycles. The van der Waals surface area contributed by atoms with E-state index in [2.05, 4.69) is 20.8 Å². The Hall–Kier alpha value is -0.940. The molecule has 1 aliphatic rings. The van der Waals surface area contributed by atoms with Crippen molar-refractivity contribution in [1.29, 1.82) is 0 Å². The molecule has 5 heteroatoms. The summed E-state index contributed by atoms with van der Waals surface area (Å²) in [5.74, 6) is -0.578. The number of benzene rings is 1. The van der Waals surface area contributed by atoms with Crippen molar-refractivity contribution in [3.8, 4) is 0 Å². The first kappa shape index (κ1) is 15.4.